The lowest BCUT2D eigenvalue weighted by Crippen LogP contribution is -2.26. The van der Waals surface area contributed by atoms with Crippen LogP contribution in [0.5, 0.6) is 5.88 Å². The second kappa shape index (κ2) is 10.0. The second-order valence-corrected chi connectivity index (χ2v) is 8.12. The van der Waals surface area contributed by atoms with Crippen molar-refractivity contribution in [1.82, 2.24) is 9.88 Å². The lowest BCUT2D eigenvalue weighted by Gasteiger charge is -2.12. The van der Waals surface area contributed by atoms with Crippen molar-refractivity contribution in [2.45, 2.75) is 0 Å². The summed E-state index contributed by atoms with van der Waals surface area (Å²) in [6, 6.07) is 23.3. The monoisotopic (exact) mass is 467 g/mol. The minimum Gasteiger partial charge on any atom is -0.493 e. The number of nitrogens with one attached hydrogen (secondary N) is 1. The molecule has 0 aliphatic heterocycles. The highest BCUT2D eigenvalue weighted by Gasteiger charge is 2.17. The minimum absolute atomic E-state index is 0.0417. The van der Waals surface area contributed by atoms with Crippen molar-refractivity contribution >= 4 is 40.2 Å². The molecule has 1 aromatic heterocycles. The molecule has 4 aromatic rings. The lowest BCUT2D eigenvalue weighted by atomic mass is 10.1. The zero-order chi connectivity index (χ0) is 24.9. The first kappa shape index (κ1) is 23.4. The minimum atomic E-state index is -0.752. The van der Waals surface area contributed by atoms with Crippen molar-refractivity contribution in [3.63, 3.8) is 0 Å². The Hall–Kier alpha value is -4.72. The van der Waals surface area contributed by atoms with Gasteiger partial charge in [-0.25, -0.2) is 0 Å². The molecule has 35 heavy (non-hydrogen) atoms. The Labute approximate surface area is 202 Å². The van der Waals surface area contributed by atoms with Crippen LogP contribution in [0, 0.1) is 0 Å². The van der Waals surface area contributed by atoms with Crippen LogP contribution < -0.4 is 10.2 Å². The summed E-state index contributed by atoms with van der Waals surface area (Å²) in [7, 11) is 5.56. The fourth-order valence-electron chi connectivity index (χ4n) is 3.58. The van der Waals surface area contributed by atoms with E-state index in [1.807, 2.05) is 61.5 Å². The lowest BCUT2D eigenvalue weighted by molar-refractivity contribution is -0.115. The number of aromatic nitrogens is 1. The summed E-state index contributed by atoms with van der Waals surface area (Å²) < 4.78 is 1.56. The number of carbonyl (C=O) groups excluding carboxylic acids is 2. The summed E-state index contributed by atoms with van der Waals surface area (Å²) in [5.74, 6) is -1.31. The third kappa shape index (κ3) is 5.11. The van der Waals surface area contributed by atoms with E-state index >= 15 is 0 Å². The molecule has 0 atom stereocenters. The second-order valence-electron chi connectivity index (χ2n) is 8.12. The molecule has 4 rings (SSSR count). The van der Waals surface area contributed by atoms with Gasteiger partial charge >= 0.3 is 5.91 Å². The molecule has 176 valence electrons. The molecule has 0 unspecified atom stereocenters. The summed E-state index contributed by atoms with van der Waals surface area (Å²) in [5, 5.41) is 21.7. The third-order valence-corrected chi connectivity index (χ3v) is 5.53. The number of para-hydroxylation sites is 1. The van der Waals surface area contributed by atoms with E-state index in [9.17, 15) is 14.7 Å². The van der Waals surface area contributed by atoms with Crippen molar-refractivity contribution in [2.24, 2.45) is 17.3 Å². The number of rotatable bonds is 6. The maximum Gasteiger partial charge on any atom is 0.311 e. The number of amides is 2. The van der Waals surface area contributed by atoms with Gasteiger partial charge in [0.25, 0.3) is 5.91 Å². The summed E-state index contributed by atoms with van der Waals surface area (Å²) in [5.41, 5.74) is 2.99. The van der Waals surface area contributed by atoms with Gasteiger partial charge in [0.2, 0.25) is 5.88 Å². The molecule has 2 amide bonds. The van der Waals surface area contributed by atoms with Gasteiger partial charge in [-0.05, 0) is 42.0 Å². The fraction of sp³-hybridized carbons (Fsp3) is 0.111. The molecule has 0 bridgehead atoms. The molecule has 1 heterocycles. The maximum atomic E-state index is 13.1. The highest BCUT2D eigenvalue weighted by molar-refractivity contribution is 6.05. The van der Waals surface area contributed by atoms with Gasteiger partial charge in [-0.1, -0.05) is 48.5 Å². The molecule has 0 aliphatic rings. The Morgan fingerprint density at radius 2 is 1.60 bits per heavy atom. The Morgan fingerprint density at radius 1 is 0.943 bits per heavy atom. The number of fused-ring (bicyclic) bond motifs is 1. The molecule has 3 aromatic carbocycles. The van der Waals surface area contributed by atoms with E-state index < -0.39 is 11.8 Å². The van der Waals surface area contributed by atoms with Crippen molar-refractivity contribution < 1.29 is 14.7 Å². The van der Waals surface area contributed by atoms with Crippen molar-refractivity contribution in [1.29, 1.82) is 0 Å². The first-order valence-electron chi connectivity index (χ1n) is 10.9. The van der Waals surface area contributed by atoms with Crippen molar-refractivity contribution in [3.8, 4) is 5.88 Å². The van der Waals surface area contributed by atoms with Gasteiger partial charge in [0.1, 0.15) is 5.70 Å². The van der Waals surface area contributed by atoms with Crippen LogP contribution in [0.15, 0.2) is 94.8 Å². The molecule has 0 saturated heterocycles. The molecule has 0 radical (unpaired) electrons. The molecule has 8 heteroatoms. The molecule has 2 N–H and O–H groups in total. The summed E-state index contributed by atoms with van der Waals surface area (Å²) in [6.45, 7) is 0. The predicted octanol–water partition coefficient (Wildman–Crippen LogP) is 5.03. The maximum absolute atomic E-state index is 13.1. The molecular weight excluding hydrogens is 442 g/mol. The normalized spacial score (nSPS) is 11.7. The number of aromatic hydroxyl groups is 1. The van der Waals surface area contributed by atoms with E-state index in [4.69, 9.17) is 0 Å². The van der Waals surface area contributed by atoms with Crippen LogP contribution in [0.2, 0.25) is 0 Å². The molecule has 0 fully saturated rings. The molecule has 0 aliphatic carbocycles. The smallest absolute Gasteiger partial charge is 0.311 e. The van der Waals surface area contributed by atoms with E-state index in [1.165, 1.54) is 0 Å². The van der Waals surface area contributed by atoms with E-state index in [0.717, 1.165) is 11.2 Å². The average Bonchev–Trinajstić information content (AvgIpc) is 3.12. The highest BCUT2D eigenvalue weighted by Crippen LogP contribution is 2.37. The van der Waals surface area contributed by atoms with Gasteiger partial charge in [0.15, 0.2) is 5.69 Å². The van der Waals surface area contributed by atoms with Gasteiger partial charge in [0, 0.05) is 37.8 Å². The third-order valence-electron chi connectivity index (χ3n) is 5.53. The topological polar surface area (TPSA) is 99.3 Å². The number of hydrogen-bond acceptors (Lipinski definition) is 5. The van der Waals surface area contributed by atoms with Crippen LogP contribution in [0.3, 0.4) is 0 Å². The quantitative estimate of drug-likeness (QED) is 0.307. The van der Waals surface area contributed by atoms with Crippen molar-refractivity contribution in [3.05, 3.63) is 95.7 Å². The Morgan fingerprint density at radius 3 is 2.29 bits per heavy atom. The molecule has 0 spiro atoms. The summed E-state index contributed by atoms with van der Waals surface area (Å²) >= 11 is 0. The van der Waals surface area contributed by atoms with Gasteiger partial charge in [0.05, 0.1) is 5.52 Å². The first-order chi connectivity index (χ1) is 16.8. The van der Waals surface area contributed by atoms with Crippen LogP contribution in [0.1, 0.15) is 15.9 Å². The van der Waals surface area contributed by atoms with Crippen LogP contribution in [-0.4, -0.2) is 35.6 Å². The fourth-order valence-corrected chi connectivity index (χ4v) is 3.58. The van der Waals surface area contributed by atoms with Crippen LogP contribution in [0.4, 0.5) is 11.4 Å². The van der Waals surface area contributed by atoms with E-state index in [0.29, 0.717) is 16.5 Å². The van der Waals surface area contributed by atoms with Crippen LogP contribution in [0.25, 0.3) is 17.0 Å². The summed E-state index contributed by atoms with van der Waals surface area (Å²) in [4.78, 5) is 27.8. The van der Waals surface area contributed by atoms with Gasteiger partial charge in [-0.2, -0.15) is 0 Å². The van der Waals surface area contributed by atoms with Gasteiger partial charge < -0.3 is 19.9 Å². The number of aryl methyl sites for hydroxylation is 1. The number of nitrogens with zero attached hydrogens (tertiary/aromatic N) is 4. The zero-order valence-corrected chi connectivity index (χ0v) is 19.6. The SMILES string of the molecule is CN(C)c1ccc(/C=C(\NC(=O)c2ccccc2)C(=O)N=Nc2c(O)n(C)c3ccccc23)cc1. The molecular formula is C27H25N5O3. The average molecular weight is 468 g/mol. The van der Waals surface area contributed by atoms with Gasteiger partial charge in [-0.3, -0.25) is 9.59 Å². The number of carbonyl (C=O) groups is 2. The summed E-state index contributed by atoms with van der Waals surface area (Å²) in [6.07, 6.45) is 1.55. The molecule has 0 saturated carbocycles. The van der Waals surface area contributed by atoms with Crippen molar-refractivity contribution in [2.75, 3.05) is 19.0 Å². The van der Waals surface area contributed by atoms with Crippen LogP contribution >= 0.6 is 0 Å². The largest absolute Gasteiger partial charge is 0.493 e. The number of hydrogen-bond donors (Lipinski definition) is 2. The van der Waals surface area contributed by atoms with E-state index in [1.54, 1.807) is 54.1 Å². The van der Waals surface area contributed by atoms with E-state index in [2.05, 4.69) is 15.5 Å². The Kier molecular flexibility index (Phi) is 6.73. The number of anilines is 1. The Bertz CT molecular complexity index is 1440. The van der Waals surface area contributed by atoms with Gasteiger partial charge in [-0.15, -0.1) is 10.2 Å². The number of benzene rings is 3. The zero-order valence-electron chi connectivity index (χ0n) is 19.6. The molecule has 8 nitrogen and oxygen atoms in total. The van der Waals surface area contributed by atoms with E-state index in [-0.39, 0.29) is 17.3 Å². The Balaban J connectivity index is 1.68. The predicted molar refractivity (Wildman–Crippen MR) is 137 cm³/mol. The van der Waals surface area contributed by atoms with Crippen LogP contribution in [-0.2, 0) is 11.8 Å². The number of azo groups is 1. The standard InChI is InChI=1S/C27H25N5O3/c1-31(2)20-15-13-18(14-16-20)17-22(28-25(33)19-9-5-4-6-10-19)26(34)30-29-24-21-11-7-8-12-23(21)32(3)27(24)35/h4-17,35H,1-3H3,(H,28,33)/b22-17-,30-29?. The first-order valence-corrected chi connectivity index (χ1v) is 10.9. The highest BCUT2D eigenvalue weighted by atomic mass is 16.3.